The number of carbonyl (C=O) groups is 1. The average molecular weight is 309 g/mol. The van der Waals surface area contributed by atoms with Crippen molar-refractivity contribution in [1.29, 1.82) is 0 Å². The molecule has 2 nitrogen and oxygen atoms in total. The Kier molecular flexibility index (Phi) is 5.05. The van der Waals surface area contributed by atoms with Gasteiger partial charge in [0.15, 0.2) is 5.78 Å². The minimum atomic E-state index is 0.120. The first-order valence-corrected chi connectivity index (χ1v) is 7.06. The molecular weight excluding hydrogens is 295 g/mol. The molecule has 20 heavy (non-hydrogen) atoms. The minimum absolute atomic E-state index is 0.120. The minimum Gasteiger partial charge on any atom is -0.489 e. The summed E-state index contributed by atoms with van der Waals surface area (Å²) in [5, 5.41) is 1.02. The van der Waals surface area contributed by atoms with Crippen molar-refractivity contribution in [3.8, 4) is 5.75 Å². The van der Waals surface area contributed by atoms with E-state index in [0.29, 0.717) is 34.4 Å². The fourth-order valence-corrected chi connectivity index (χ4v) is 2.14. The summed E-state index contributed by atoms with van der Waals surface area (Å²) in [6.07, 6.45) is 0.498. The SMILES string of the molecule is CCC(=O)c1ccc(OCc2cccc(Cl)c2Cl)cc1. The molecule has 0 atom stereocenters. The summed E-state index contributed by atoms with van der Waals surface area (Å²) in [6, 6.07) is 12.5. The van der Waals surface area contributed by atoms with Crippen LogP contribution in [-0.4, -0.2) is 5.78 Å². The summed E-state index contributed by atoms with van der Waals surface area (Å²) in [5.74, 6) is 0.808. The summed E-state index contributed by atoms with van der Waals surface area (Å²) in [5.41, 5.74) is 1.52. The third kappa shape index (κ3) is 3.53. The Morgan fingerprint density at radius 2 is 1.80 bits per heavy atom. The lowest BCUT2D eigenvalue weighted by molar-refractivity contribution is 0.0988. The molecule has 2 rings (SSSR count). The molecule has 4 heteroatoms. The molecule has 0 heterocycles. The van der Waals surface area contributed by atoms with Crippen molar-refractivity contribution in [3.05, 3.63) is 63.6 Å². The lowest BCUT2D eigenvalue weighted by Gasteiger charge is -2.09. The Balaban J connectivity index is 2.04. The lowest BCUT2D eigenvalue weighted by atomic mass is 10.1. The van der Waals surface area contributed by atoms with Gasteiger partial charge in [-0.05, 0) is 30.3 Å². The van der Waals surface area contributed by atoms with Gasteiger partial charge in [-0.15, -0.1) is 0 Å². The Morgan fingerprint density at radius 1 is 1.10 bits per heavy atom. The van der Waals surface area contributed by atoms with Crippen LogP contribution in [0, 0.1) is 0 Å². The molecule has 0 spiro atoms. The van der Waals surface area contributed by atoms with E-state index in [1.807, 2.05) is 19.1 Å². The molecule has 0 amide bonds. The first-order chi connectivity index (χ1) is 9.61. The van der Waals surface area contributed by atoms with E-state index in [1.54, 1.807) is 30.3 Å². The number of ketones is 1. The van der Waals surface area contributed by atoms with E-state index < -0.39 is 0 Å². The van der Waals surface area contributed by atoms with Crippen LogP contribution < -0.4 is 4.74 Å². The van der Waals surface area contributed by atoms with Crippen LogP contribution in [0.4, 0.5) is 0 Å². The number of hydrogen-bond acceptors (Lipinski definition) is 2. The molecule has 0 saturated carbocycles. The van der Waals surface area contributed by atoms with Gasteiger partial charge in [0, 0.05) is 17.5 Å². The Hall–Kier alpha value is -1.51. The second-order valence-electron chi connectivity index (χ2n) is 4.30. The zero-order valence-electron chi connectivity index (χ0n) is 11.0. The van der Waals surface area contributed by atoms with Crippen LogP contribution in [0.15, 0.2) is 42.5 Å². The molecule has 2 aromatic rings. The van der Waals surface area contributed by atoms with Gasteiger partial charge in [-0.25, -0.2) is 0 Å². The predicted molar refractivity (Wildman–Crippen MR) is 81.9 cm³/mol. The summed E-state index contributed by atoms with van der Waals surface area (Å²) >= 11 is 12.0. The number of benzene rings is 2. The Labute approximate surface area is 128 Å². The van der Waals surface area contributed by atoms with E-state index in [1.165, 1.54) is 0 Å². The molecule has 104 valence electrons. The molecule has 0 aliphatic heterocycles. The number of Topliss-reactive ketones (excluding diaryl/α,β-unsaturated/α-hetero) is 1. The van der Waals surface area contributed by atoms with Gasteiger partial charge >= 0.3 is 0 Å². The van der Waals surface area contributed by atoms with Crippen LogP contribution >= 0.6 is 23.2 Å². The molecule has 0 aromatic heterocycles. The van der Waals surface area contributed by atoms with Gasteiger partial charge in [-0.2, -0.15) is 0 Å². The fraction of sp³-hybridized carbons (Fsp3) is 0.188. The quantitative estimate of drug-likeness (QED) is 0.713. The van der Waals surface area contributed by atoms with Crippen molar-refractivity contribution in [2.75, 3.05) is 0 Å². The van der Waals surface area contributed by atoms with Crippen molar-refractivity contribution in [2.45, 2.75) is 20.0 Å². The molecule has 0 N–H and O–H groups in total. The summed E-state index contributed by atoms with van der Waals surface area (Å²) in [6.45, 7) is 2.17. The zero-order valence-corrected chi connectivity index (χ0v) is 12.5. The van der Waals surface area contributed by atoms with Crippen LogP contribution in [0.5, 0.6) is 5.75 Å². The normalized spacial score (nSPS) is 10.3. The van der Waals surface area contributed by atoms with Gasteiger partial charge in [0.2, 0.25) is 0 Å². The highest BCUT2D eigenvalue weighted by molar-refractivity contribution is 6.42. The van der Waals surface area contributed by atoms with Crippen LogP contribution in [0.1, 0.15) is 29.3 Å². The maximum Gasteiger partial charge on any atom is 0.162 e. The van der Waals surface area contributed by atoms with Gasteiger partial charge < -0.3 is 4.74 Å². The summed E-state index contributed by atoms with van der Waals surface area (Å²) < 4.78 is 5.64. The van der Waals surface area contributed by atoms with Gasteiger partial charge in [-0.1, -0.05) is 42.3 Å². The van der Waals surface area contributed by atoms with Crippen molar-refractivity contribution in [2.24, 2.45) is 0 Å². The highest BCUT2D eigenvalue weighted by atomic mass is 35.5. The first kappa shape index (κ1) is 14.9. The van der Waals surface area contributed by atoms with Crippen LogP contribution in [0.2, 0.25) is 10.0 Å². The summed E-state index contributed by atoms with van der Waals surface area (Å²) in [7, 11) is 0. The molecule has 0 saturated heterocycles. The van der Waals surface area contributed by atoms with E-state index in [4.69, 9.17) is 27.9 Å². The molecule has 0 unspecified atom stereocenters. The maximum absolute atomic E-state index is 11.5. The second kappa shape index (κ2) is 6.78. The third-order valence-corrected chi connectivity index (χ3v) is 3.78. The molecule has 0 bridgehead atoms. The van der Waals surface area contributed by atoms with Crippen molar-refractivity contribution >= 4 is 29.0 Å². The largest absolute Gasteiger partial charge is 0.489 e. The Bertz CT molecular complexity index is 606. The predicted octanol–water partition coefficient (Wildman–Crippen LogP) is 5.17. The topological polar surface area (TPSA) is 26.3 Å². The molecule has 0 aliphatic rings. The number of hydrogen-bond donors (Lipinski definition) is 0. The highest BCUT2D eigenvalue weighted by Crippen LogP contribution is 2.26. The van der Waals surface area contributed by atoms with Crippen LogP contribution in [-0.2, 0) is 6.61 Å². The molecule has 2 aromatic carbocycles. The number of ether oxygens (including phenoxy) is 1. The second-order valence-corrected chi connectivity index (χ2v) is 5.09. The van der Waals surface area contributed by atoms with E-state index >= 15 is 0 Å². The van der Waals surface area contributed by atoms with Crippen LogP contribution in [0.3, 0.4) is 0 Å². The first-order valence-electron chi connectivity index (χ1n) is 6.30. The van der Waals surface area contributed by atoms with Gasteiger partial charge in [-0.3, -0.25) is 4.79 Å². The molecule has 0 fully saturated rings. The smallest absolute Gasteiger partial charge is 0.162 e. The van der Waals surface area contributed by atoms with Crippen LogP contribution in [0.25, 0.3) is 0 Å². The maximum atomic E-state index is 11.5. The lowest BCUT2D eigenvalue weighted by Crippen LogP contribution is -1.98. The molecular formula is C16H14Cl2O2. The fourth-order valence-electron chi connectivity index (χ4n) is 1.76. The van der Waals surface area contributed by atoms with E-state index in [0.717, 1.165) is 5.56 Å². The van der Waals surface area contributed by atoms with E-state index in [9.17, 15) is 4.79 Å². The van der Waals surface area contributed by atoms with Crippen molar-refractivity contribution < 1.29 is 9.53 Å². The monoisotopic (exact) mass is 308 g/mol. The molecule has 0 radical (unpaired) electrons. The van der Waals surface area contributed by atoms with Crippen molar-refractivity contribution in [3.63, 3.8) is 0 Å². The molecule has 0 aliphatic carbocycles. The average Bonchev–Trinajstić information content (AvgIpc) is 2.48. The summed E-state index contributed by atoms with van der Waals surface area (Å²) in [4.78, 5) is 11.5. The zero-order chi connectivity index (χ0) is 14.5. The van der Waals surface area contributed by atoms with Gasteiger partial charge in [0.05, 0.1) is 10.0 Å². The highest BCUT2D eigenvalue weighted by Gasteiger charge is 2.06. The van der Waals surface area contributed by atoms with Gasteiger partial charge in [0.25, 0.3) is 0 Å². The number of rotatable bonds is 5. The number of halogens is 2. The standard InChI is InChI=1S/C16H14Cl2O2/c1-2-15(19)11-6-8-13(9-7-11)20-10-12-4-3-5-14(17)16(12)18/h3-9H,2,10H2,1H3. The number of carbonyl (C=O) groups excluding carboxylic acids is 1. The van der Waals surface area contributed by atoms with E-state index in [-0.39, 0.29) is 5.78 Å². The third-order valence-electron chi connectivity index (χ3n) is 2.92. The van der Waals surface area contributed by atoms with Crippen molar-refractivity contribution in [1.82, 2.24) is 0 Å². The Morgan fingerprint density at radius 3 is 2.45 bits per heavy atom. The van der Waals surface area contributed by atoms with Gasteiger partial charge in [0.1, 0.15) is 12.4 Å². The van der Waals surface area contributed by atoms with E-state index in [2.05, 4.69) is 0 Å².